The normalized spacial score (nSPS) is 21.9. The van der Waals surface area contributed by atoms with Crippen LogP contribution in [0.4, 0.5) is 4.79 Å². The van der Waals surface area contributed by atoms with Gasteiger partial charge in [0.1, 0.15) is 0 Å². The lowest BCUT2D eigenvalue weighted by atomic mass is 10.0. The topological polar surface area (TPSA) is 43.8 Å². The van der Waals surface area contributed by atoms with E-state index in [0.717, 1.165) is 13.0 Å². The van der Waals surface area contributed by atoms with Crippen molar-refractivity contribution in [3.05, 3.63) is 0 Å². The molecule has 1 unspecified atom stereocenters. The lowest BCUT2D eigenvalue weighted by Crippen LogP contribution is -2.54. The summed E-state index contributed by atoms with van der Waals surface area (Å²) in [5.74, 6) is 0. The molecular weight excluding hydrogens is 156 g/mol. The first-order valence-corrected chi connectivity index (χ1v) is 4.25. The van der Waals surface area contributed by atoms with Crippen LogP contribution in [0, 0.1) is 0 Å². The number of likely N-dealkylation sites (tertiary alicyclic amines) is 1. The van der Waals surface area contributed by atoms with Crippen LogP contribution >= 0.6 is 0 Å². The third-order valence-corrected chi connectivity index (χ3v) is 2.23. The highest BCUT2D eigenvalue weighted by molar-refractivity contribution is 5.75. The zero-order chi connectivity index (χ0) is 9.14. The molecule has 0 aromatic rings. The molecule has 1 aliphatic rings. The van der Waals surface area contributed by atoms with Crippen molar-refractivity contribution in [2.24, 2.45) is 0 Å². The van der Waals surface area contributed by atoms with E-state index in [9.17, 15) is 4.79 Å². The monoisotopic (exact) mass is 172 g/mol. The predicted octanol–water partition coefficient (Wildman–Crippen LogP) is 0.125. The number of rotatable bonds is 2. The molecule has 1 saturated heterocycles. The molecule has 2 amide bonds. The first-order chi connectivity index (χ1) is 5.66. The zero-order valence-electron chi connectivity index (χ0n) is 7.66. The Labute approximate surface area is 72.8 Å². The molecule has 1 atom stereocenters. The lowest BCUT2D eigenvalue weighted by Gasteiger charge is -2.42. The van der Waals surface area contributed by atoms with Crippen LogP contribution in [-0.4, -0.2) is 54.2 Å². The number of amides is 2. The molecule has 4 nitrogen and oxygen atoms in total. The maximum atomic E-state index is 11.4. The van der Waals surface area contributed by atoms with Gasteiger partial charge in [-0.1, -0.05) is 0 Å². The van der Waals surface area contributed by atoms with E-state index in [4.69, 9.17) is 5.11 Å². The van der Waals surface area contributed by atoms with Gasteiger partial charge in [-0.3, -0.25) is 0 Å². The van der Waals surface area contributed by atoms with E-state index in [0.29, 0.717) is 6.42 Å². The van der Waals surface area contributed by atoms with Crippen LogP contribution in [0.5, 0.6) is 0 Å². The van der Waals surface area contributed by atoms with E-state index in [1.165, 1.54) is 0 Å². The molecule has 1 rings (SSSR count). The van der Waals surface area contributed by atoms with Crippen molar-refractivity contribution in [2.45, 2.75) is 18.9 Å². The minimum atomic E-state index is 0.0553. The second-order valence-electron chi connectivity index (χ2n) is 3.33. The molecule has 4 heteroatoms. The third kappa shape index (κ3) is 1.69. The maximum absolute atomic E-state index is 11.4. The van der Waals surface area contributed by atoms with E-state index in [1.54, 1.807) is 23.9 Å². The minimum absolute atomic E-state index is 0.0553. The number of nitrogens with zero attached hydrogens (tertiary/aromatic N) is 2. The summed E-state index contributed by atoms with van der Waals surface area (Å²) >= 11 is 0. The molecule has 0 spiro atoms. The van der Waals surface area contributed by atoms with Crippen LogP contribution in [0.25, 0.3) is 0 Å². The molecule has 1 aliphatic heterocycles. The molecule has 0 aromatic heterocycles. The van der Waals surface area contributed by atoms with Crippen LogP contribution in [0.1, 0.15) is 12.8 Å². The summed E-state index contributed by atoms with van der Waals surface area (Å²) in [4.78, 5) is 14.8. The number of aliphatic hydroxyl groups is 1. The highest BCUT2D eigenvalue weighted by atomic mass is 16.3. The maximum Gasteiger partial charge on any atom is 0.319 e. The number of hydrogen-bond acceptors (Lipinski definition) is 2. The Kier molecular flexibility index (Phi) is 2.92. The van der Waals surface area contributed by atoms with Gasteiger partial charge in [-0.25, -0.2) is 4.79 Å². The van der Waals surface area contributed by atoms with Crippen LogP contribution < -0.4 is 0 Å². The summed E-state index contributed by atoms with van der Waals surface area (Å²) in [5.41, 5.74) is 0. The molecule has 0 radical (unpaired) electrons. The summed E-state index contributed by atoms with van der Waals surface area (Å²) in [5, 5.41) is 8.69. The quantitative estimate of drug-likeness (QED) is 0.643. The largest absolute Gasteiger partial charge is 0.396 e. The highest BCUT2D eigenvalue weighted by Gasteiger charge is 2.32. The van der Waals surface area contributed by atoms with Gasteiger partial charge in [0, 0.05) is 33.3 Å². The van der Waals surface area contributed by atoms with Gasteiger partial charge in [0.2, 0.25) is 0 Å². The van der Waals surface area contributed by atoms with Crippen molar-refractivity contribution in [1.82, 2.24) is 9.80 Å². The summed E-state index contributed by atoms with van der Waals surface area (Å²) < 4.78 is 0. The molecule has 70 valence electrons. The van der Waals surface area contributed by atoms with Gasteiger partial charge < -0.3 is 14.9 Å². The highest BCUT2D eigenvalue weighted by Crippen LogP contribution is 2.20. The van der Waals surface area contributed by atoms with Crippen LogP contribution in [0.3, 0.4) is 0 Å². The third-order valence-electron chi connectivity index (χ3n) is 2.23. The Morgan fingerprint density at radius 2 is 2.33 bits per heavy atom. The van der Waals surface area contributed by atoms with Crippen LogP contribution in [0.15, 0.2) is 0 Å². The number of carbonyl (C=O) groups excluding carboxylic acids is 1. The molecule has 1 N–H and O–H groups in total. The van der Waals surface area contributed by atoms with Crippen molar-refractivity contribution in [1.29, 1.82) is 0 Å². The van der Waals surface area contributed by atoms with E-state index in [1.807, 2.05) is 0 Å². The summed E-state index contributed by atoms with van der Waals surface area (Å²) in [6.07, 6.45) is 1.74. The average Bonchev–Trinajstić information content (AvgIpc) is 1.98. The standard InChI is InChI=1S/C8H16N2O2/c1-9(2)8(12)10-5-3-7(10)4-6-11/h7,11H,3-6H2,1-2H3. The first-order valence-electron chi connectivity index (χ1n) is 4.25. The van der Waals surface area contributed by atoms with Gasteiger partial charge in [-0.15, -0.1) is 0 Å². The summed E-state index contributed by atoms with van der Waals surface area (Å²) in [6.45, 7) is 1.00. The molecule has 1 heterocycles. The minimum Gasteiger partial charge on any atom is -0.396 e. The first kappa shape index (κ1) is 9.32. The fourth-order valence-electron chi connectivity index (χ4n) is 1.40. The predicted molar refractivity (Wildman–Crippen MR) is 45.9 cm³/mol. The van der Waals surface area contributed by atoms with Crippen molar-refractivity contribution in [2.75, 3.05) is 27.2 Å². The summed E-state index contributed by atoms with van der Waals surface area (Å²) in [6, 6.07) is 0.324. The van der Waals surface area contributed by atoms with Gasteiger partial charge >= 0.3 is 6.03 Å². The number of carbonyl (C=O) groups is 1. The Hall–Kier alpha value is -0.770. The Morgan fingerprint density at radius 1 is 1.67 bits per heavy atom. The Balaban J connectivity index is 2.38. The fourth-order valence-corrected chi connectivity index (χ4v) is 1.40. The van der Waals surface area contributed by atoms with Crippen molar-refractivity contribution in [3.63, 3.8) is 0 Å². The van der Waals surface area contributed by atoms with Gasteiger partial charge in [-0.2, -0.15) is 0 Å². The van der Waals surface area contributed by atoms with Gasteiger partial charge in [-0.05, 0) is 12.8 Å². The SMILES string of the molecule is CN(C)C(=O)N1CCC1CCO. The Bertz CT molecular complexity index is 170. The smallest absolute Gasteiger partial charge is 0.319 e. The van der Waals surface area contributed by atoms with E-state index in [-0.39, 0.29) is 18.7 Å². The molecule has 0 aromatic carbocycles. The number of urea groups is 1. The fraction of sp³-hybridized carbons (Fsp3) is 0.875. The van der Waals surface area contributed by atoms with Crippen molar-refractivity contribution < 1.29 is 9.90 Å². The van der Waals surface area contributed by atoms with Crippen molar-refractivity contribution in [3.8, 4) is 0 Å². The summed E-state index contributed by atoms with van der Waals surface area (Å²) in [7, 11) is 3.49. The van der Waals surface area contributed by atoms with E-state index < -0.39 is 0 Å². The van der Waals surface area contributed by atoms with E-state index >= 15 is 0 Å². The molecular formula is C8H16N2O2. The molecule has 12 heavy (non-hydrogen) atoms. The van der Waals surface area contributed by atoms with Crippen LogP contribution in [0.2, 0.25) is 0 Å². The molecule has 1 fully saturated rings. The Morgan fingerprint density at radius 3 is 2.67 bits per heavy atom. The number of hydrogen-bond donors (Lipinski definition) is 1. The van der Waals surface area contributed by atoms with Crippen molar-refractivity contribution >= 4 is 6.03 Å². The molecule has 0 saturated carbocycles. The average molecular weight is 172 g/mol. The van der Waals surface area contributed by atoms with Gasteiger partial charge in [0.25, 0.3) is 0 Å². The van der Waals surface area contributed by atoms with Crippen LogP contribution in [-0.2, 0) is 0 Å². The zero-order valence-corrected chi connectivity index (χ0v) is 7.66. The second kappa shape index (κ2) is 3.76. The lowest BCUT2D eigenvalue weighted by molar-refractivity contribution is 0.0793. The number of aliphatic hydroxyl groups excluding tert-OH is 1. The molecule has 0 bridgehead atoms. The molecule has 0 aliphatic carbocycles. The second-order valence-corrected chi connectivity index (χ2v) is 3.33. The van der Waals surface area contributed by atoms with Gasteiger partial charge in [0.15, 0.2) is 0 Å². The van der Waals surface area contributed by atoms with E-state index in [2.05, 4.69) is 0 Å². The van der Waals surface area contributed by atoms with Gasteiger partial charge in [0.05, 0.1) is 0 Å².